The van der Waals surface area contributed by atoms with Gasteiger partial charge in [0.05, 0.1) is 29.9 Å². The number of hydrogen-bond donors (Lipinski definition) is 1. The lowest BCUT2D eigenvalue weighted by Gasteiger charge is -2.38. The van der Waals surface area contributed by atoms with Gasteiger partial charge in [-0.15, -0.1) is 0 Å². The van der Waals surface area contributed by atoms with E-state index in [2.05, 4.69) is 6.58 Å². The number of carboxylic acid groups (broad SMARTS) is 1. The number of nitrogens with zero attached hydrogens (tertiary/aromatic N) is 1. The number of ether oxygens (including phenoxy) is 2. The SMILES string of the molecule is C=CC(OC(C)=O)C(C)(C)C[C@H]1[C@H](c2ccc(F)cc2)[C@@H](O[C@H](C)c2cc(C(F)(F)F)cc(C(F)(F)F)c2)CN1C(=O)O. The van der Waals surface area contributed by atoms with Crippen LogP contribution < -0.4 is 0 Å². The maximum atomic E-state index is 13.8. The lowest BCUT2D eigenvalue weighted by molar-refractivity contribution is -0.149. The van der Waals surface area contributed by atoms with Crippen molar-refractivity contribution in [3.63, 3.8) is 0 Å². The van der Waals surface area contributed by atoms with Gasteiger partial charge in [-0.1, -0.05) is 38.6 Å². The van der Waals surface area contributed by atoms with Crippen LogP contribution in [0.25, 0.3) is 0 Å². The summed E-state index contributed by atoms with van der Waals surface area (Å²) in [5.41, 5.74) is -3.89. The van der Waals surface area contributed by atoms with E-state index < -0.39 is 82.6 Å². The van der Waals surface area contributed by atoms with Gasteiger partial charge >= 0.3 is 24.4 Å². The van der Waals surface area contributed by atoms with Gasteiger partial charge in [0, 0.05) is 24.3 Å². The molecule has 1 saturated heterocycles. The highest BCUT2D eigenvalue weighted by atomic mass is 19.4. The lowest BCUT2D eigenvalue weighted by Crippen LogP contribution is -2.43. The van der Waals surface area contributed by atoms with Crippen molar-refractivity contribution in [2.45, 2.75) is 76.7 Å². The maximum absolute atomic E-state index is 13.8. The van der Waals surface area contributed by atoms with Gasteiger partial charge in [0.25, 0.3) is 0 Å². The second kappa shape index (κ2) is 12.6. The molecule has 1 heterocycles. The molecule has 0 spiro atoms. The van der Waals surface area contributed by atoms with Crippen molar-refractivity contribution in [3.05, 3.63) is 83.2 Å². The molecule has 13 heteroatoms. The van der Waals surface area contributed by atoms with Crippen LogP contribution in [0.15, 0.2) is 55.1 Å². The number of hydrogen-bond acceptors (Lipinski definition) is 4. The molecule has 0 radical (unpaired) electrons. The van der Waals surface area contributed by atoms with Crippen molar-refractivity contribution >= 4 is 12.1 Å². The first-order chi connectivity index (χ1) is 19.7. The Morgan fingerprint density at radius 1 is 1.05 bits per heavy atom. The second-order valence-corrected chi connectivity index (χ2v) is 11.2. The first-order valence-electron chi connectivity index (χ1n) is 13.2. The molecule has 0 aliphatic carbocycles. The van der Waals surface area contributed by atoms with Gasteiger partial charge in [-0.2, -0.15) is 26.3 Å². The molecule has 0 aromatic heterocycles. The minimum absolute atomic E-state index is 0.0104. The number of halogens is 7. The first-order valence-corrected chi connectivity index (χ1v) is 13.2. The lowest BCUT2D eigenvalue weighted by atomic mass is 9.75. The van der Waals surface area contributed by atoms with Crippen molar-refractivity contribution in [2.24, 2.45) is 5.41 Å². The molecule has 236 valence electrons. The Morgan fingerprint density at radius 2 is 1.58 bits per heavy atom. The van der Waals surface area contributed by atoms with Crippen LogP contribution in [0.1, 0.15) is 68.4 Å². The van der Waals surface area contributed by atoms with Crippen molar-refractivity contribution in [1.82, 2.24) is 4.90 Å². The minimum atomic E-state index is -5.07. The van der Waals surface area contributed by atoms with Gasteiger partial charge in [-0.25, -0.2) is 9.18 Å². The van der Waals surface area contributed by atoms with Crippen LogP contribution in [0.4, 0.5) is 35.5 Å². The largest absolute Gasteiger partial charge is 0.465 e. The van der Waals surface area contributed by atoms with Crippen LogP contribution in [0.3, 0.4) is 0 Å². The summed E-state index contributed by atoms with van der Waals surface area (Å²) in [4.78, 5) is 25.2. The molecule has 5 atom stereocenters. The Bertz CT molecular complexity index is 1290. The first kappa shape index (κ1) is 33.9. The van der Waals surface area contributed by atoms with E-state index in [1.807, 2.05) is 0 Å². The summed E-state index contributed by atoms with van der Waals surface area (Å²) in [6.07, 6.45) is -13.2. The molecule has 1 N–H and O–H groups in total. The van der Waals surface area contributed by atoms with Gasteiger partial charge in [0.1, 0.15) is 11.9 Å². The third kappa shape index (κ3) is 8.07. The smallest absolute Gasteiger partial charge is 0.416 e. The second-order valence-electron chi connectivity index (χ2n) is 11.2. The van der Waals surface area contributed by atoms with E-state index in [4.69, 9.17) is 9.47 Å². The predicted octanol–water partition coefficient (Wildman–Crippen LogP) is 7.99. The Balaban J connectivity index is 2.07. The molecular formula is C30H32F7NO5. The minimum Gasteiger partial charge on any atom is -0.465 e. The normalized spacial score (nSPS) is 20.9. The monoisotopic (exact) mass is 619 g/mol. The van der Waals surface area contributed by atoms with E-state index in [9.17, 15) is 45.4 Å². The van der Waals surface area contributed by atoms with Crippen LogP contribution in [0, 0.1) is 11.2 Å². The van der Waals surface area contributed by atoms with Gasteiger partial charge in [0.2, 0.25) is 0 Å². The molecule has 2 aromatic carbocycles. The van der Waals surface area contributed by atoms with Crippen LogP contribution in [0.5, 0.6) is 0 Å². The zero-order chi connectivity index (χ0) is 32.5. The van der Waals surface area contributed by atoms with Gasteiger partial charge in [-0.3, -0.25) is 4.79 Å². The van der Waals surface area contributed by atoms with Crippen LogP contribution >= 0.6 is 0 Å². The van der Waals surface area contributed by atoms with Gasteiger partial charge in [0.15, 0.2) is 0 Å². The van der Waals surface area contributed by atoms with Crippen LogP contribution in [-0.4, -0.2) is 46.9 Å². The number of likely N-dealkylation sites (tertiary alicyclic amines) is 1. The molecule has 3 rings (SSSR count). The molecule has 6 nitrogen and oxygen atoms in total. The van der Waals surface area contributed by atoms with E-state index >= 15 is 0 Å². The van der Waals surface area contributed by atoms with Crippen LogP contribution in [-0.2, 0) is 26.6 Å². The average Bonchev–Trinajstić information content (AvgIpc) is 3.23. The van der Waals surface area contributed by atoms with E-state index in [0.29, 0.717) is 17.7 Å². The third-order valence-electron chi connectivity index (χ3n) is 7.56. The molecule has 0 bridgehead atoms. The molecular weight excluding hydrogens is 587 g/mol. The topological polar surface area (TPSA) is 76.1 Å². The molecule has 1 aliphatic rings. The Labute approximate surface area is 244 Å². The number of amides is 1. The summed E-state index contributed by atoms with van der Waals surface area (Å²) in [5.74, 6) is -2.00. The highest BCUT2D eigenvalue weighted by Gasteiger charge is 2.49. The Kier molecular flexibility index (Phi) is 9.89. The molecule has 2 aromatic rings. The fourth-order valence-electron chi connectivity index (χ4n) is 5.51. The Hall–Kier alpha value is -3.61. The highest BCUT2D eigenvalue weighted by Crippen LogP contribution is 2.45. The summed E-state index contributed by atoms with van der Waals surface area (Å²) in [5, 5.41) is 10.1. The van der Waals surface area contributed by atoms with Crippen molar-refractivity contribution in [3.8, 4) is 0 Å². The summed E-state index contributed by atoms with van der Waals surface area (Å²) in [7, 11) is 0. The summed E-state index contributed by atoms with van der Waals surface area (Å²) in [6, 6.07) is 5.38. The maximum Gasteiger partial charge on any atom is 0.416 e. The fourth-order valence-corrected chi connectivity index (χ4v) is 5.51. The number of benzene rings is 2. The number of alkyl halides is 6. The zero-order valence-corrected chi connectivity index (χ0v) is 23.8. The average molecular weight is 620 g/mol. The zero-order valence-electron chi connectivity index (χ0n) is 23.8. The predicted molar refractivity (Wildman–Crippen MR) is 142 cm³/mol. The number of esters is 1. The van der Waals surface area contributed by atoms with Gasteiger partial charge < -0.3 is 19.5 Å². The standard InChI is InChI=1S/C30H32F7NO5/c1-6-25(43-17(3)39)28(4,5)14-23-26(18-7-9-22(31)10-8-18)24(15-38(23)27(40)41)42-16(2)19-11-20(29(32,33)34)13-21(12-19)30(35,36)37/h6-13,16,23-26H,1,14-15H2,2-5H3,(H,40,41)/t16-,23+,24+,25?,26+/m1/s1. The summed E-state index contributed by atoms with van der Waals surface area (Å²) < 4.78 is 106. The van der Waals surface area contributed by atoms with E-state index in [0.717, 1.165) is 17.0 Å². The fraction of sp³-hybridized carbons (Fsp3) is 0.467. The van der Waals surface area contributed by atoms with E-state index in [1.165, 1.54) is 32.1 Å². The van der Waals surface area contributed by atoms with E-state index in [1.54, 1.807) is 13.8 Å². The molecule has 1 fully saturated rings. The highest BCUT2D eigenvalue weighted by molar-refractivity contribution is 5.67. The number of rotatable bonds is 9. The third-order valence-corrected chi connectivity index (χ3v) is 7.56. The van der Waals surface area contributed by atoms with Crippen LogP contribution in [0.2, 0.25) is 0 Å². The number of carbonyl (C=O) groups is 2. The summed E-state index contributed by atoms with van der Waals surface area (Å²) >= 11 is 0. The summed E-state index contributed by atoms with van der Waals surface area (Å²) in [6.45, 7) is 9.33. The molecule has 1 aliphatic heterocycles. The Morgan fingerprint density at radius 3 is 2.02 bits per heavy atom. The molecule has 0 saturated carbocycles. The quantitative estimate of drug-likeness (QED) is 0.175. The van der Waals surface area contributed by atoms with Gasteiger partial charge in [-0.05, 0) is 54.8 Å². The molecule has 1 unspecified atom stereocenters. The molecule has 43 heavy (non-hydrogen) atoms. The van der Waals surface area contributed by atoms with Crippen molar-refractivity contribution < 1.29 is 54.9 Å². The van der Waals surface area contributed by atoms with E-state index in [-0.39, 0.29) is 19.0 Å². The van der Waals surface area contributed by atoms with Crippen molar-refractivity contribution in [2.75, 3.05) is 6.54 Å². The number of carbonyl (C=O) groups excluding carboxylic acids is 1. The molecule has 1 amide bonds. The van der Waals surface area contributed by atoms with Crippen molar-refractivity contribution in [1.29, 1.82) is 0 Å².